The lowest BCUT2D eigenvalue weighted by molar-refractivity contribution is -0.385. The van der Waals surface area contributed by atoms with E-state index in [2.05, 4.69) is 5.32 Å². The average molecular weight is 296 g/mol. The first kappa shape index (κ1) is 17.2. The number of nitrogens with zero attached hydrogens (tertiary/aromatic N) is 1. The first-order valence-corrected chi connectivity index (χ1v) is 7.22. The summed E-state index contributed by atoms with van der Waals surface area (Å²) < 4.78 is 5.52. The van der Waals surface area contributed by atoms with Crippen molar-refractivity contribution >= 4 is 11.4 Å². The van der Waals surface area contributed by atoms with Gasteiger partial charge in [0.25, 0.3) is 0 Å². The minimum absolute atomic E-state index is 0.0909. The minimum atomic E-state index is -0.568. The number of benzene rings is 1. The maximum Gasteiger partial charge on any atom is 0.333 e. The van der Waals surface area contributed by atoms with Crippen LogP contribution in [0.3, 0.4) is 0 Å². The fourth-order valence-electron chi connectivity index (χ4n) is 2.14. The molecule has 1 aromatic carbocycles. The van der Waals surface area contributed by atoms with Gasteiger partial charge in [0.1, 0.15) is 5.69 Å². The first-order valence-electron chi connectivity index (χ1n) is 7.22. The number of anilines is 1. The summed E-state index contributed by atoms with van der Waals surface area (Å²) in [6, 6.07) is 4.93. The van der Waals surface area contributed by atoms with Crippen LogP contribution in [0.25, 0.3) is 0 Å². The molecule has 0 aliphatic rings. The Bertz CT molecular complexity index is 476. The number of nitro benzene ring substituents is 1. The minimum Gasteiger partial charge on any atom is -0.484 e. The number of ether oxygens (including phenoxy) is 1. The molecule has 0 heterocycles. The lowest BCUT2D eigenvalue weighted by atomic mass is 9.93. The van der Waals surface area contributed by atoms with Gasteiger partial charge in [-0.15, -0.1) is 0 Å². The number of para-hydroxylation sites is 1. The topological polar surface area (TPSA) is 84.6 Å². The van der Waals surface area contributed by atoms with Gasteiger partial charge in [0, 0.05) is 0 Å². The standard InChI is InChI=1S/C15H24N2O4/c1-5-15(6-2,10-18)16-12-8-7-9-13(21-11(3)4)14(12)17(19)20/h7-9,11,16,18H,5-6,10H2,1-4H3. The summed E-state index contributed by atoms with van der Waals surface area (Å²) in [5, 5.41) is 24.1. The van der Waals surface area contributed by atoms with Crippen LogP contribution in [-0.4, -0.2) is 28.3 Å². The van der Waals surface area contributed by atoms with Crippen LogP contribution in [0.4, 0.5) is 11.4 Å². The van der Waals surface area contributed by atoms with Crippen LogP contribution in [0.5, 0.6) is 5.75 Å². The molecule has 21 heavy (non-hydrogen) atoms. The van der Waals surface area contributed by atoms with E-state index in [-0.39, 0.29) is 24.1 Å². The number of nitro groups is 1. The van der Waals surface area contributed by atoms with Crippen molar-refractivity contribution in [3.63, 3.8) is 0 Å². The number of hydrogen-bond acceptors (Lipinski definition) is 5. The molecule has 0 unspecified atom stereocenters. The van der Waals surface area contributed by atoms with E-state index in [0.29, 0.717) is 18.5 Å². The van der Waals surface area contributed by atoms with Crippen LogP contribution in [0.2, 0.25) is 0 Å². The number of aliphatic hydroxyl groups is 1. The summed E-state index contributed by atoms with van der Waals surface area (Å²) in [6.07, 6.45) is 1.16. The van der Waals surface area contributed by atoms with Crippen molar-refractivity contribution in [3.8, 4) is 5.75 Å². The van der Waals surface area contributed by atoms with Crippen LogP contribution in [-0.2, 0) is 0 Å². The number of rotatable bonds is 8. The van der Waals surface area contributed by atoms with E-state index in [9.17, 15) is 15.2 Å². The second-order valence-electron chi connectivity index (χ2n) is 5.35. The van der Waals surface area contributed by atoms with E-state index in [1.165, 1.54) is 0 Å². The van der Waals surface area contributed by atoms with Gasteiger partial charge in [-0.3, -0.25) is 10.1 Å². The molecule has 0 saturated carbocycles. The zero-order valence-electron chi connectivity index (χ0n) is 13.0. The second kappa shape index (κ2) is 7.26. The Morgan fingerprint density at radius 2 is 2.00 bits per heavy atom. The Morgan fingerprint density at radius 3 is 2.43 bits per heavy atom. The molecule has 0 aliphatic carbocycles. The molecule has 0 aromatic heterocycles. The summed E-state index contributed by atoms with van der Waals surface area (Å²) in [4.78, 5) is 10.9. The van der Waals surface area contributed by atoms with Crippen molar-refractivity contribution in [3.05, 3.63) is 28.3 Å². The van der Waals surface area contributed by atoms with Gasteiger partial charge in [-0.1, -0.05) is 19.9 Å². The molecular weight excluding hydrogens is 272 g/mol. The lowest BCUT2D eigenvalue weighted by Gasteiger charge is -2.31. The van der Waals surface area contributed by atoms with E-state index < -0.39 is 10.5 Å². The Balaban J connectivity index is 3.26. The fourth-order valence-corrected chi connectivity index (χ4v) is 2.14. The zero-order chi connectivity index (χ0) is 16.0. The quantitative estimate of drug-likeness (QED) is 0.567. The highest BCUT2D eigenvalue weighted by atomic mass is 16.6. The molecule has 0 amide bonds. The Labute approximate surface area is 125 Å². The number of nitrogens with one attached hydrogen (secondary N) is 1. The number of hydrogen-bond donors (Lipinski definition) is 2. The van der Waals surface area contributed by atoms with Gasteiger partial charge in [-0.05, 0) is 38.8 Å². The predicted molar refractivity (Wildman–Crippen MR) is 82.9 cm³/mol. The molecule has 1 aromatic rings. The van der Waals surface area contributed by atoms with Gasteiger partial charge in [-0.25, -0.2) is 0 Å². The highest BCUT2D eigenvalue weighted by molar-refractivity contribution is 5.69. The van der Waals surface area contributed by atoms with E-state index >= 15 is 0 Å². The molecule has 0 aliphatic heterocycles. The molecule has 1 rings (SSSR count). The summed E-state index contributed by atoms with van der Waals surface area (Å²) in [5.41, 5.74) is -0.289. The summed E-state index contributed by atoms with van der Waals surface area (Å²) in [7, 11) is 0. The van der Waals surface area contributed by atoms with Crippen LogP contribution >= 0.6 is 0 Å². The van der Waals surface area contributed by atoms with Crippen molar-refractivity contribution in [2.75, 3.05) is 11.9 Å². The van der Waals surface area contributed by atoms with Crippen LogP contribution in [0, 0.1) is 10.1 Å². The Morgan fingerprint density at radius 1 is 1.38 bits per heavy atom. The molecule has 2 N–H and O–H groups in total. The van der Waals surface area contributed by atoms with Crippen molar-refractivity contribution < 1.29 is 14.8 Å². The second-order valence-corrected chi connectivity index (χ2v) is 5.35. The smallest absolute Gasteiger partial charge is 0.333 e. The SMILES string of the molecule is CCC(CC)(CO)Nc1cccc(OC(C)C)c1[N+](=O)[O-]. The van der Waals surface area contributed by atoms with Crippen molar-refractivity contribution in [1.29, 1.82) is 0 Å². The molecule has 118 valence electrons. The molecule has 0 fully saturated rings. The van der Waals surface area contributed by atoms with Crippen molar-refractivity contribution in [2.45, 2.75) is 52.2 Å². The van der Waals surface area contributed by atoms with Crippen molar-refractivity contribution in [1.82, 2.24) is 0 Å². The van der Waals surface area contributed by atoms with Gasteiger partial charge >= 0.3 is 5.69 Å². The third kappa shape index (κ3) is 4.07. The summed E-state index contributed by atoms with van der Waals surface area (Å²) >= 11 is 0. The lowest BCUT2D eigenvalue weighted by Crippen LogP contribution is -2.41. The molecule has 0 spiro atoms. The van der Waals surface area contributed by atoms with E-state index in [4.69, 9.17) is 4.74 Å². The molecule has 0 saturated heterocycles. The van der Waals surface area contributed by atoms with E-state index in [1.807, 2.05) is 27.7 Å². The van der Waals surface area contributed by atoms with Crippen LogP contribution in [0.15, 0.2) is 18.2 Å². The van der Waals surface area contributed by atoms with E-state index in [1.54, 1.807) is 18.2 Å². The zero-order valence-corrected chi connectivity index (χ0v) is 13.0. The molecular formula is C15H24N2O4. The first-order chi connectivity index (χ1) is 9.89. The average Bonchev–Trinajstić information content (AvgIpc) is 2.44. The summed E-state index contributed by atoms with van der Waals surface area (Å²) in [5.74, 6) is 0.235. The van der Waals surface area contributed by atoms with Gasteiger partial charge in [0.05, 0.1) is 23.2 Å². The van der Waals surface area contributed by atoms with Gasteiger partial charge in [-0.2, -0.15) is 0 Å². The Hall–Kier alpha value is -1.82. The molecule has 0 atom stereocenters. The molecule has 6 nitrogen and oxygen atoms in total. The number of aliphatic hydroxyl groups excluding tert-OH is 1. The molecule has 0 radical (unpaired) electrons. The monoisotopic (exact) mass is 296 g/mol. The predicted octanol–water partition coefficient (Wildman–Crippen LogP) is 3.35. The summed E-state index contributed by atoms with van der Waals surface area (Å²) in [6.45, 7) is 7.42. The largest absolute Gasteiger partial charge is 0.484 e. The van der Waals surface area contributed by atoms with Crippen LogP contribution in [0.1, 0.15) is 40.5 Å². The van der Waals surface area contributed by atoms with Crippen LogP contribution < -0.4 is 10.1 Å². The van der Waals surface area contributed by atoms with Gasteiger partial charge in [0.2, 0.25) is 0 Å². The highest BCUT2D eigenvalue weighted by Crippen LogP contribution is 2.37. The third-order valence-corrected chi connectivity index (χ3v) is 3.60. The van der Waals surface area contributed by atoms with E-state index in [0.717, 1.165) is 0 Å². The van der Waals surface area contributed by atoms with Gasteiger partial charge < -0.3 is 15.2 Å². The maximum atomic E-state index is 11.4. The Kier molecular flexibility index (Phi) is 5.96. The maximum absolute atomic E-state index is 11.4. The molecule has 6 heteroatoms. The normalized spacial score (nSPS) is 11.5. The highest BCUT2D eigenvalue weighted by Gasteiger charge is 2.30. The third-order valence-electron chi connectivity index (χ3n) is 3.60. The molecule has 0 bridgehead atoms. The van der Waals surface area contributed by atoms with Crippen molar-refractivity contribution in [2.24, 2.45) is 0 Å². The fraction of sp³-hybridized carbons (Fsp3) is 0.600. The van der Waals surface area contributed by atoms with Gasteiger partial charge in [0.15, 0.2) is 5.75 Å².